The first kappa shape index (κ1) is 18.6. The van der Waals surface area contributed by atoms with Crippen LogP contribution in [0.15, 0.2) is 54.6 Å². The lowest BCUT2D eigenvalue weighted by molar-refractivity contribution is 0.0999. The lowest BCUT2D eigenvalue weighted by Crippen LogP contribution is -2.37. The number of benzene rings is 2. The Bertz CT molecular complexity index is 835. The Morgan fingerprint density at radius 2 is 2.00 bits per heavy atom. The average Bonchev–Trinajstić information content (AvgIpc) is 2.87. The molecule has 2 aromatic carbocycles. The summed E-state index contributed by atoms with van der Waals surface area (Å²) in [5, 5.41) is 0. The second-order valence-corrected chi connectivity index (χ2v) is 8.30. The molecule has 1 unspecified atom stereocenters. The summed E-state index contributed by atoms with van der Waals surface area (Å²) in [5.74, 6) is 1.02. The number of para-hydroxylation sites is 1. The van der Waals surface area contributed by atoms with E-state index in [9.17, 15) is 0 Å². The highest BCUT2D eigenvalue weighted by molar-refractivity contribution is 7.96. The molecule has 0 aromatic heterocycles. The van der Waals surface area contributed by atoms with Crippen molar-refractivity contribution in [3.8, 4) is 5.75 Å². The van der Waals surface area contributed by atoms with Gasteiger partial charge in [0.25, 0.3) is 0 Å². The molecule has 2 aromatic rings. The van der Waals surface area contributed by atoms with Crippen molar-refractivity contribution in [2.45, 2.75) is 31.4 Å². The Morgan fingerprint density at radius 1 is 1.11 bits per heavy atom. The van der Waals surface area contributed by atoms with Crippen molar-refractivity contribution in [2.75, 3.05) is 26.4 Å². The van der Waals surface area contributed by atoms with Crippen LogP contribution in [0.4, 0.5) is 0 Å². The molecule has 0 bridgehead atoms. The third kappa shape index (κ3) is 4.08. The maximum atomic E-state index is 6.62. The van der Waals surface area contributed by atoms with Crippen LogP contribution in [0.3, 0.4) is 0 Å². The van der Waals surface area contributed by atoms with E-state index in [1.807, 2.05) is 0 Å². The summed E-state index contributed by atoms with van der Waals surface area (Å²) in [4.78, 5) is 2.42. The molecule has 4 rings (SSSR count). The molecule has 1 N–H and O–H groups in total. The van der Waals surface area contributed by atoms with Crippen LogP contribution < -0.4 is 9.46 Å². The minimum absolute atomic E-state index is 0.192. The van der Waals surface area contributed by atoms with Crippen LogP contribution in [0, 0.1) is 0 Å². The van der Waals surface area contributed by atoms with Crippen molar-refractivity contribution < 1.29 is 4.74 Å². The van der Waals surface area contributed by atoms with Gasteiger partial charge in [0.15, 0.2) is 0 Å². The van der Waals surface area contributed by atoms with Crippen molar-refractivity contribution in [3.05, 3.63) is 71.3 Å². The summed E-state index contributed by atoms with van der Waals surface area (Å²) in [5.41, 5.74) is 4.91. The van der Waals surface area contributed by atoms with Gasteiger partial charge in [0, 0.05) is 25.1 Å². The average molecular weight is 381 g/mol. The molecule has 1 atom stereocenters. The Labute approximate surface area is 166 Å². The highest BCUT2D eigenvalue weighted by Gasteiger charge is 2.36. The van der Waals surface area contributed by atoms with E-state index in [2.05, 4.69) is 77.5 Å². The van der Waals surface area contributed by atoms with Crippen LogP contribution in [0.25, 0.3) is 5.57 Å². The molecule has 4 heteroatoms. The third-order valence-corrected chi connectivity index (χ3v) is 6.05. The van der Waals surface area contributed by atoms with Gasteiger partial charge in [0.05, 0.1) is 0 Å². The number of fused-ring (bicyclic) bond motifs is 1. The molecule has 2 heterocycles. The number of hydrogen-bond acceptors (Lipinski definition) is 4. The minimum atomic E-state index is -0.192. The quantitative estimate of drug-likeness (QED) is 0.775. The van der Waals surface area contributed by atoms with Crippen LogP contribution >= 0.6 is 11.9 Å². The molecule has 2 aliphatic rings. The predicted octanol–water partition coefficient (Wildman–Crippen LogP) is 4.73. The molecule has 2 aliphatic heterocycles. The zero-order valence-electron chi connectivity index (χ0n) is 16.2. The molecule has 142 valence electrons. The normalized spacial score (nSPS) is 22.7. The second-order valence-electron chi connectivity index (χ2n) is 7.60. The van der Waals surface area contributed by atoms with E-state index in [1.54, 1.807) is 11.9 Å². The first-order valence-corrected chi connectivity index (χ1v) is 11.0. The smallest absolute Gasteiger partial charge is 0.129 e. The standard InChI is InChI=1S/C23H28N2OS/c1-25-13-6-11-23(12-14-25)16-21(20-9-3-4-10-22(20)26-23)19-8-5-7-18(15-19)17-24-27-2/h3-5,7-10,15-16,24H,6,11-14,17H2,1-2H3. The highest BCUT2D eigenvalue weighted by Crippen LogP contribution is 2.43. The Hall–Kier alpha value is -1.75. The molecule has 0 aliphatic carbocycles. The molecule has 0 radical (unpaired) electrons. The van der Waals surface area contributed by atoms with E-state index < -0.39 is 0 Å². The van der Waals surface area contributed by atoms with E-state index >= 15 is 0 Å². The Balaban J connectivity index is 1.76. The van der Waals surface area contributed by atoms with E-state index in [0.29, 0.717) is 0 Å². The predicted molar refractivity (Wildman–Crippen MR) is 115 cm³/mol. The zero-order valence-corrected chi connectivity index (χ0v) is 17.0. The molecule has 1 saturated heterocycles. The van der Waals surface area contributed by atoms with Crippen LogP contribution in [0.1, 0.15) is 36.0 Å². The first-order chi connectivity index (χ1) is 13.2. The van der Waals surface area contributed by atoms with E-state index in [1.165, 1.54) is 28.7 Å². The minimum Gasteiger partial charge on any atom is -0.482 e. The third-order valence-electron chi connectivity index (χ3n) is 5.61. The molecule has 0 amide bonds. The topological polar surface area (TPSA) is 24.5 Å². The van der Waals surface area contributed by atoms with Crippen LogP contribution in [-0.4, -0.2) is 36.9 Å². The fourth-order valence-electron chi connectivity index (χ4n) is 4.12. The molecular formula is C23H28N2OS. The van der Waals surface area contributed by atoms with Crippen molar-refractivity contribution in [2.24, 2.45) is 0 Å². The molecule has 1 fully saturated rings. The van der Waals surface area contributed by atoms with Crippen molar-refractivity contribution in [1.29, 1.82) is 0 Å². The van der Waals surface area contributed by atoms with Gasteiger partial charge >= 0.3 is 0 Å². The first-order valence-electron chi connectivity index (χ1n) is 9.74. The molecule has 27 heavy (non-hydrogen) atoms. The van der Waals surface area contributed by atoms with Crippen LogP contribution in [0.5, 0.6) is 5.75 Å². The van der Waals surface area contributed by atoms with Crippen molar-refractivity contribution >= 4 is 17.5 Å². The fraction of sp³-hybridized carbons (Fsp3) is 0.391. The number of hydrogen-bond donors (Lipinski definition) is 1. The lowest BCUT2D eigenvalue weighted by Gasteiger charge is -2.36. The van der Waals surface area contributed by atoms with Crippen molar-refractivity contribution in [1.82, 2.24) is 9.62 Å². The molecule has 1 spiro atoms. The van der Waals surface area contributed by atoms with Gasteiger partial charge in [-0.15, -0.1) is 0 Å². The van der Waals surface area contributed by atoms with Crippen molar-refractivity contribution in [3.63, 3.8) is 0 Å². The lowest BCUT2D eigenvalue weighted by atomic mass is 9.84. The largest absolute Gasteiger partial charge is 0.482 e. The Morgan fingerprint density at radius 3 is 2.89 bits per heavy atom. The fourth-order valence-corrected chi connectivity index (χ4v) is 4.43. The van der Waals surface area contributed by atoms with Gasteiger partial charge in [0.1, 0.15) is 11.4 Å². The number of nitrogens with one attached hydrogen (secondary N) is 1. The molecule has 3 nitrogen and oxygen atoms in total. The molecular weight excluding hydrogens is 352 g/mol. The van der Waals surface area contributed by atoms with Gasteiger partial charge in [0.2, 0.25) is 0 Å². The number of ether oxygens (including phenoxy) is 1. The zero-order chi connectivity index (χ0) is 18.7. The second kappa shape index (κ2) is 8.09. The summed E-state index contributed by atoms with van der Waals surface area (Å²) in [7, 11) is 2.21. The highest BCUT2D eigenvalue weighted by atomic mass is 32.2. The van der Waals surface area contributed by atoms with E-state index in [-0.39, 0.29) is 5.60 Å². The summed E-state index contributed by atoms with van der Waals surface area (Å²) >= 11 is 1.66. The van der Waals surface area contributed by atoms with Gasteiger partial charge in [-0.2, -0.15) is 0 Å². The van der Waals surface area contributed by atoms with Gasteiger partial charge in [-0.25, -0.2) is 0 Å². The monoisotopic (exact) mass is 380 g/mol. The van der Waals surface area contributed by atoms with E-state index in [4.69, 9.17) is 4.74 Å². The number of likely N-dealkylation sites (tertiary alicyclic amines) is 1. The van der Waals surface area contributed by atoms with Gasteiger partial charge in [-0.1, -0.05) is 48.3 Å². The number of nitrogens with zero attached hydrogens (tertiary/aromatic N) is 1. The summed E-state index contributed by atoms with van der Waals surface area (Å²) < 4.78 is 9.97. The van der Waals surface area contributed by atoms with Gasteiger partial charge in [-0.3, -0.25) is 4.72 Å². The maximum absolute atomic E-state index is 6.62. The SMILES string of the molecule is CSNCc1cccc(C2=CC3(CCCN(C)CC3)Oc3ccccc32)c1. The summed E-state index contributed by atoms with van der Waals surface area (Å²) in [6, 6.07) is 17.4. The maximum Gasteiger partial charge on any atom is 0.129 e. The Kier molecular flexibility index (Phi) is 5.58. The molecule has 0 saturated carbocycles. The summed E-state index contributed by atoms with van der Waals surface area (Å²) in [6.45, 7) is 3.09. The van der Waals surface area contributed by atoms with Gasteiger partial charge < -0.3 is 9.64 Å². The van der Waals surface area contributed by atoms with Crippen LogP contribution in [-0.2, 0) is 6.54 Å². The van der Waals surface area contributed by atoms with Crippen LogP contribution in [0.2, 0.25) is 0 Å². The van der Waals surface area contributed by atoms with Gasteiger partial charge in [-0.05, 0) is 67.6 Å². The summed E-state index contributed by atoms with van der Waals surface area (Å²) in [6.07, 6.45) is 7.75. The number of rotatable bonds is 4. The van der Waals surface area contributed by atoms with E-state index in [0.717, 1.165) is 38.2 Å².